The highest BCUT2D eigenvalue weighted by molar-refractivity contribution is 5.80. The second-order valence-electron chi connectivity index (χ2n) is 4.85. The molecule has 0 atom stereocenters. The van der Waals surface area contributed by atoms with Gasteiger partial charge in [-0.05, 0) is 29.1 Å². The Balaban J connectivity index is 1.71. The van der Waals surface area contributed by atoms with Gasteiger partial charge in [-0.15, -0.1) is 0 Å². The molecule has 2 heterocycles. The summed E-state index contributed by atoms with van der Waals surface area (Å²) in [5.74, 6) is 0.679. The highest BCUT2D eigenvalue weighted by atomic mass is 16.5. The van der Waals surface area contributed by atoms with Crippen molar-refractivity contribution in [1.82, 2.24) is 20.0 Å². The highest BCUT2D eigenvalue weighted by Crippen LogP contribution is 2.18. The van der Waals surface area contributed by atoms with Gasteiger partial charge < -0.3 is 19.1 Å². The van der Waals surface area contributed by atoms with Crippen LogP contribution in [-0.4, -0.2) is 35.0 Å². The lowest BCUT2D eigenvalue weighted by atomic mass is 10.1. The predicted octanol–water partition coefficient (Wildman–Crippen LogP) is 1.81. The summed E-state index contributed by atoms with van der Waals surface area (Å²) in [6.45, 7) is 3.04. The lowest BCUT2D eigenvalue weighted by Gasteiger charge is -2.06. The van der Waals surface area contributed by atoms with Gasteiger partial charge in [-0.2, -0.15) is 4.98 Å². The Morgan fingerprint density at radius 3 is 3.10 bits per heavy atom. The third-order valence-electron chi connectivity index (χ3n) is 3.37. The molecule has 0 saturated carbocycles. The third kappa shape index (κ3) is 3.29. The first-order valence-corrected chi connectivity index (χ1v) is 6.89. The molecular weight excluding hydrogens is 268 g/mol. The Hall–Kier alpha value is -2.18. The van der Waals surface area contributed by atoms with Crippen LogP contribution in [0.5, 0.6) is 0 Å². The van der Waals surface area contributed by atoms with Crippen molar-refractivity contribution in [2.75, 3.05) is 20.3 Å². The predicted molar refractivity (Wildman–Crippen MR) is 78.9 cm³/mol. The minimum absolute atomic E-state index is 0.617. The van der Waals surface area contributed by atoms with Crippen LogP contribution in [0, 0.1) is 0 Å². The molecule has 110 valence electrons. The second-order valence-corrected chi connectivity index (χ2v) is 4.85. The fourth-order valence-electron chi connectivity index (χ4n) is 2.32. The highest BCUT2D eigenvalue weighted by Gasteiger charge is 2.05. The first-order chi connectivity index (χ1) is 10.4. The zero-order chi connectivity index (χ0) is 14.5. The van der Waals surface area contributed by atoms with E-state index in [9.17, 15) is 0 Å². The van der Waals surface area contributed by atoms with E-state index in [-0.39, 0.29) is 0 Å². The van der Waals surface area contributed by atoms with E-state index in [4.69, 9.17) is 9.26 Å². The van der Waals surface area contributed by atoms with Gasteiger partial charge in [0.15, 0.2) is 5.82 Å². The monoisotopic (exact) mass is 286 g/mol. The van der Waals surface area contributed by atoms with Crippen molar-refractivity contribution in [1.29, 1.82) is 0 Å². The van der Waals surface area contributed by atoms with E-state index in [1.54, 1.807) is 7.11 Å². The second kappa shape index (κ2) is 6.51. The van der Waals surface area contributed by atoms with Crippen molar-refractivity contribution in [3.05, 3.63) is 48.2 Å². The lowest BCUT2D eigenvalue weighted by molar-refractivity contribution is 0.199. The van der Waals surface area contributed by atoms with Crippen LogP contribution in [0.1, 0.15) is 11.4 Å². The summed E-state index contributed by atoms with van der Waals surface area (Å²) in [6.07, 6.45) is 3.40. The number of ether oxygens (including phenoxy) is 1. The summed E-state index contributed by atoms with van der Waals surface area (Å²) < 4.78 is 11.9. The number of nitrogens with one attached hydrogen (secondary N) is 1. The van der Waals surface area contributed by atoms with Gasteiger partial charge in [0.25, 0.3) is 0 Å². The smallest absolute Gasteiger partial charge is 0.213 e. The number of methoxy groups -OCH3 is 1. The van der Waals surface area contributed by atoms with Crippen molar-refractivity contribution in [3.63, 3.8) is 0 Å². The normalized spacial score (nSPS) is 11.3. The third-order valence-corrected chi connectivity index (χ3v) is 3.37. The molecule has 0 amide bonds. The molecule has 1 aromatic carbocycles. The molecule has 6 heteroatoms. The molecule has 0 aliphatic rings. The number of nitrogens with zero attached hydrogens (tertiary/aromatic N) is 3. The van der Waals surface area contributed by atoms with E-state index in [0.29, 0.717) is 12.4 Å². The van der Waals surface area contributed by atoms with Crippen LogP contribution in [0.2, 0.25) is 0 Å². The van der Waals surface area contributed by atoms with E-state index in [2.05, 4.69) is 44.3 Å². The number of aromatic nitrogens is 3. The van der Waals surface area contributed by atoms with Crippen LogP contribution in [0.25, 0.3) is 10.9 Å². The van der Waals surface area contributed by atoms with Crippen LogP contribution < -0.4 is 5.32 Å². The van der Waals surface area contributed by atoms with Gasteiger partial charge >= 0.3 is 0 Å². The molecule has 3 rings (SSSR count). The fourth-order valence-corrected chi connectivity index (χ4v) is 2.32. The molecule has 6 nitrogen and oxygen atoms in total. The van der Waals surface area contributed by atoms with Crippen molar-refractivity contribution in [2.45, 2.75) is 13.1 Å². The average molecular weight is 286 g/mol. The topological polar surface area (TPSA) is 65.1 Å². The van der Waals surface area contributed by atoms with Gasteiger partial charge in [0, 0.05) is 31.9 Å². The van der Waals surface area contributed by atoms with E-state index < -0.39 is 0 Å². The van der Waals surface area contributed by atoms with Crippen LogP contribution in [0.4, 0.5) is 0 Å². The molecule has 21 heavy (non-hydrogen) atoms. The maximum absolute atomic E-state index is 5.02. The minimum Gasteiger partial charge on any atom is -0.383 e. The largest absolute Gasteiger partial charge is 0.383 e. The average Bonchev–Trinajstić information content (AvgIpc) is 3.14. The Labute approximate surface area is 122 Å². The molecule has 0 unspecified atom stereocenters. The van der Waals surface area contributed by atoms with E-state index in [1.807, 2.05) is 6.20 Å². The molecule has 3 aromatic rings. The SMILES string of the molecule is COCCNCc1ccc2c(ccn2Cc2ncon2)c1. The summed E-state index contributed by atoms with van der Waals surface area (Å²) >= 11 is 0. The Morgan fingerprint density at radius 2 is 2.29 bits per heavy atom. The van der Waals surface area contributed by atoms with Gasteiger partial charge in [0.05, 0.1) is 13.2 Å². The lowest BCUT2D eigenvalue weighted by Crippen LogP contribution is -2.18. The Kier molecular flexibility index (Phi) is 4.28. The van der Waals surface area contributed by atoms with E-state index >= 15 is 0 Å². The summed E-state index contributed by atoms with van der Waals surface area (Å²) in [7, 11) is 1.71. The van der Waals surface area contributed by atoms with Crippen LogP contribution in [0.3, 0.4) is 0 Å². The molecule has 1 N–H and O–H groups in total. The fraction of sp³-hybridized carbons (Fsp3) is 0.333. The maximum atomic E-state index is 5.02. The summed E-state index contributed by atoms with van der Waals surface area (Å²) in [5.41, 5.74) is 2.43. The number of benzene rings is 1. The molecule has 0 bridgehead atoms. The van der Waals surface area contributed by atoms with Gasteiger partial charge in [0.2, 0.25) is 6.39 Å². The molecule has 2 aromatic heterocycles. The molecule has 0 aliphatic carbocycles. The molecule has 0 saturated heterocycles. The van der Waals surface area contributed by atoms with Crippen molar-refractivity contribution >= 4 is 10.9 Å². The van der Waals surface area contributed by atoms with Crippen molar-refractivity contribution in [2.24, 2.45) is 0 Å². The first kappa shape index (κ1) is 13.8. The van der Waals surface area contributed by atoms with Gasteiger partial charge in [0.1, 0.15) is 0 Å². The molecule has 0 spiro atoms. The van der Waals surface area contributed by atoms with E-state index in [1.165, 1.54) is 22.9 Å². The first-order valence-electron chi connectivity index (χ1n) is 6.89. The van der Waals surface area contributed by atoms with Crippen LogP contribution in [0.15, 0.2) is 41.4 Å². The van der Waals surface area contributed by atoms with Gasteiger partial charge in [-0.3, -0.25) is 0 Å². The summed E-state index contributed by atoms with van der Waals surface area (Å²) in [4.78, 5) is 4.05. The standard InChI is InChI=1S/C15H18N4O2/c1-20-7-5-16-9-12-2-3-14-13(8-12)4-6-19(14)10-15-17-11-21-18-15/h2-4,6,8,11,16H,5,7,9-10H2,1H3. The van der Waals surface area contributed by atoms with Crippen LogP contribution >= 0.6 is 0 Å². The van der Waals surface area contributed by atoms with Crippen molar-refractivity contribution in [3.8, 4) is 0 Å². The maximum Gasteiger partial charge on any atom is 0.213 e. The zero-order valence-corrected chi connectivity index (χ0v) is 12.0. The molecular formula is C15H18N4O2. The number of fused-ring (bicyclic) bond motifs is 1. The van der Waals surface area contributed by atoms with Crippen molar-refractivity contribution < 1.29 is 9.26 Å². The molecule has 0 aliphatic heterocycles. The molecule has 0 radical (unpaired) electrons. The molecule has 0 fully saturated rings. The zero-order valence-electron chi connectivity index (χ0n) is 12.0. The number of hydrogen-bond donors (Lipinski definition) is 1. The van der Waals surface area contributed by atoms with E-state index in [0.717, 1.165) is 19.7 Å². The van der Waals surface area contributed by atoms with Crippen LogP contribution in [-0.2, 0) is 17.8 Å². The number of rotatable bonds is 7. The Morgan fingerprint density at radius 1 is 1.33 bits per heavy atom. The summed E-state index contributed by atoms with van der Waals surface area (Å²) in [6, 6.07) is 8.56. The number of hydrogen-bond acceptors (Lipinski definition) is 5. The summed E-state index contributed by atoms with van der Waals surface area (Å²) in [5, 5.41) is 8.40. The van der Waals surface area contributed by atoms with Gasteiger partial charge in [-0.25, -0.2) is 0 Å². The Bertz CT molecular complexity index is 691. The van der Waals surface area contributed by atoms with Gasteiger partial charge in [-0.1, -0.05) is 11.2 Å². The minimum atomic E-state index is 0.617. The quantitative estimate of drug-likeness (QED) is 0.671.